The summed E-state index contributed by atoms with van der Waals surface area (Å²) >= 11 is 0. The number of ether oxygens (including phenoxy) is 2. The fourth-order valence-electron chi connectivity index (χ4n) is 2.12. The number of rotatable bonds is 6. The van der Waals surface area contributed by atoms with Crippen LogP contribution in [0.1, 0.15) is 13.3 Å². The van der Waals surface area contributed by atoms with Gasteiger partial charge in [0.2, 0.25) is 0 Å². The standard InChI is InChI=1S/C15H18N4O4S/c1-2-7-16-14-5-6-15(18-17-14)19-24(20,21)11-3-4-12-13(10-11)23-9-8-22-12/h3-6,10H,2,7-9H2,1H3,(H,16,17)(H,18,19). The van der Waals surface area contributed by atoms with Gasteiger partial charge in [-0.1, -0.05) is 6.92 Å². The van der Waals surface area contributed by atoms with Gasteiger partial charge >= 0.3 is 0 Å². The maximum atomic E-state index is 12.5. The lowest BCUT2D eigenvalue weighted by Gasteiger charge is -2.18. The van der Waals surface area contributed by atoms with E-state index in [1.54, 1.807) is 18.2 Å². The predicted molar refractivity (Wildman–Crippen MR) is 89.1 cm³/mol. The minimum Gasteiger partial charge on any atom is -0.486 e. The third-order valence-electron chi connectivity index (χ3n) is 3.28. The Labute approximate surface area is 140 Å². The van der Waals surface area contributed by atoms with Gasteiger partial charge in [-0.2, -0.15) is 0 Å². The molecule has 2 heterocycles. The van der Waals surface area contributed by atoms with E-state index in [1.165, 1.54) is 12.1 Å². The van der Waals surface area contributed by atoms with Crippen molar-refractivity contribution in [3.05, 3.63) is 30.3 Å². The van der Waals surface area contributed by atoms with Crippen molar-refractivity contribution in [1.29, 1.82) is 0 Å². The molecule has 1 aromatic carbocycles. The van der Waals surface area contributed by atoms with Crippen LogP contribution in [0, 0.1) is 0 Å². The van der Waals surface area contributed by atoms with Crippen LogP contribution < -0.4 is 19.5 Å². The van der Waals surface area contributed by atoms with E-state index in [9.17, 15) is 8.42 Å². The summed E-state index contributed by atoms with van der Waals surface area (Å²) in [7, 11) is -3.79. The van der Waals surface area contributed by atoms with Crippen molar-refractivity contribution >= 4 is 21.7 Å². The second-order valence-electron chi connectivity index (χ2n) is 5.14. The van der Waals surface area contributed by atoms with E-state index in [0.717, 1.165) is 13.0 Å². The van der Waals surface area contributed by atoms with Crippen LogP contribution in [0.4, 0.5) is 11.6 Å². The Morgan fingerprint density at radius 3 is 2.46 bits per heavy atom. The third-order valence-corrected chi connectivity index (χ3v) is 4.64. The summed E-state index contributed by atoms with van der Waals surface area (Å²) in [5, 5.41) is 10.9. The van der Waals surface area contributed by atoms with Crippen LogP contribution in [0.3, 0.4) is 0 Å². The molecule has 0 radical (unpaired) electrons. The Hall–Kier alpha value is -2.55. The van der Waals surface area contributed by atoms with Gasteiger partial charge in [-0.25, -0.2) is 8.42 Å². The van der Waals surface area contributed by atoms with E-state index < -0.39 is 10.0 Å². The molecule has 0 aliphatic carbocycles. The predicted octanol–water partition coefficient (Wildman–Crippen LogP) is 1.87. The zero-order valence-corrected chi connectivity index (χ0v) is 14.0. The molecule has 24 heavy (non-hydrogen) atoms. The molecule has 0 saturated carbocycles. The average Bonchev–Trinajstić information content (AvgIpc) is 2.60. The summed E-state index contributed by atoms with van der Waals surface area (Å²) in [4.78, 5) is 0.0711. The van der Waals surface area contributed by atoms with Gasteiger partial charge in [-0.15, -0.1) is 10.2 Å². The summed E-state index contributed by atoms with van der Waals surface area (Å²) in [5.41, 5.74) is 0. The molecule has 1 aromatic heterocycles. The fraction of sp³-hybridized carbons (Fsp3) is 0.333. The monoisotopic (exact) mass is 350 g/mol. The molecule has 0 bridgehead atoms. The van der Waals surface area contributed by atoms with E-state index >= 15 is 0 Å². The molecule has 0 atom stereocenters. The number of hydrogen-bond acceptors (Lipinski definition) is 7. The van der Waals surface area contributed by atoms with Crippen LogP contribution in [-0.2, 0) is 10.0 Å². The van der Waals surface area contributed by atoms with Crippen molar-refractivity contribution in [2.45, 2.75) is 18.2 Å². The number of nitrogens with one attached hydrogen (secondary N) is 2. The Morgan fingerprint density at radius 1 is 1.04 bits per heavy atom. The Morgan fingerprint density at radius 2 is 1.75 bits per heavy atom. The first-order valence-electron chi connectivity index (χ1n) is 7.58. The number of aromatic nitrogens is 2. The van der Waals surface area contributed by atoms with Crippen LogP contribution in [0.25, 0.3) is 0 Å². The van der Waals surface area contributed by atoms with Gasteiger partial charge in [0, 0.05) is 12.6 Å². The Bertz CT molecular complexity index is 809. The van der Waals surface area contributed by atoms with Gasteiger partial charge in [0.05, 0.1) is 4.90 Å². The zero-order chi connectivity index (χ0) is 17.0. The molecular formula is C15H18N4O4S. The topological polar surface area (TPSA) is 102 Å². The molecule has 128 valence electrons. The van der Waals surface area contributed by atoms with Gasteiger partial charge in [-0.3, -0.25) is 4.72 Å². The lowest BCUT2D eigenvalue weighted by Crippen LogP contribution is -2.18. The van der Waals surface area contributed by atoms with Crippen molar-refractivity contribution < 1.29 is 17.9 Å². The van der Waals surface area contributed by atoms with Crippen molar-refractivity contribution in [2.24, 2.45) is 0 Å². The number of anilines is 2. The summed E-state index contributed by atoms with van der Waals surface area (Å²) in [5.74, 6) is 1.69. The summed E-state index contributed by atoms with van der Waals surface area (Å²) in [6.07, 6.45) is 0.959. The van der Waals surface area contributed by atoms with Crippen LogP contribution in [0.15, 0.2) is 35.2 Å². The van der Waals surface area contributed by atoms with Crippen molar-refractivity contribution in [3.8, 4) is 11.5 Å². The molecular weight excluding hydrogens is 332 g/mol. The normalized spacial score (nSPS) is 13.4. The van der Waals surface area contributed by atoms with Crippen molar-refractivity contribution in [3.63, 3.8) is 0 Å². The van der Waals surface area contributed by atoms with Gasteiger partial charge in [0.25, 0.3) is 10.0 Å². The van der Waals surface area contributed by atoms with E-state index in [1.807, 2.05) is 6.92 Å². The molecule has 0 amide bonds. The highest BCUT2D eigenvalue weighted by Gasteiger charge is 2.20. The Kier molecular flexibility index (Phi) is 4.70. The summed E-state index contributed by atoms with van der Waals surface area (Å²) < 4.78 is 38.1. The average molecular weight is 350 g/mol. The SMILES string of the molecule is CCCNc1ccc(NS(=O)(=O)c2ccc3c(c2)OCCO3)nn1. The smallest absolute Gasteiger partial charge is 0.263 e. The highest BCUT2D eigenvalue weighted by molar-refractivity contribution is 7.92. The first kappa shape index (κ1) is 16.3. The Balaban J connectivity index is 1.76. The lowest BCUT2D eigenvalue weighted by molar-refractivity contribution is 0.171. The highest BCUT2D eigenvalue weighted by atomic mass is 32.2. The minimum atomic E-state index is -3.79. The highest BCUT2D eigenvalue weighted by Crippen LogP contribution is 2.32. The number of nitrogens with zero attached hydrogens (tertiary/aromatic N) is 2. The summed E-state index contributed by atoms with van der Waals surface area (Å²) in [6.45, 7) is 3.65. The molecule has 0 fully saturated rings. The molecule has 2 N–H and O–H groups in total. The van der Waals surface area contributed by atoms with Crippen LogP contribution >= 0.6 is 0 Å². The molecule has 3 rings (SSSR count). The molecule has 2 aromatic rings. The number of hydrogen-bond donors (Lipinski definition) is 2. The maximum Gasteiger partial charge on any atom is 0.263 e. The maximum absolute atomic E-state index is 12.5. The van der Waals surface area contributed by atoms with Crippen molar-refractivity contribution in [1.82, 2.24) is 10.2 Å². The molecule has 1 aliphatic rings. The number of fused-ring (bicyclic) bond motifs is 1. The van der Waals surface area contributed by atoms with Gasteiger partial charge in [0.15, 0.2) is 17.3 Å². The lowest BCUT2D eigenvalue weighted by atomic mass is 10.3. The fourth-order valence-corrected chi connectivity index (χ4v) is 3.13. The zero-order valence-electron chi connectivity index (χ0n) is 13.2. The van der Waals surface area contributed by atoms with E-state index in [-0.39, 0.29) is 10.7 Å². The first-order valence-corrected chi connectivity index (χ1v) is 9.07. The summed E-state index contributed by atoms with van der Waals surface area (Å²) in [6, 6.07) is 7.69. The van der Waals surface area contributed by atoms with Gasteiger partial charge in [0.1, 0.15) is 19.0 Å². The quantitative estimate of drug-likeness (QED) is 0.820. The van der Waals surface area contributed by atoms with Crippen LogP contribution in [-0.4, -0.2) is 38.4 Å². The van der Waals surface area contributed by atoms with Crippen LogP contribution in [0.2, 0.25) is 0 Å². The third kappa shape index (κ3) is 3.67. The minimum absolute atomic E-state index is 0.0711. The van der Waals surface area contributed by atoms with Gasteiger partial charge in [-0.05, 0) is 30.7 Å². The number of sulfonamides is 1. The molecule has 9 heteroatoms. The molecule has 1 aliphatic heterocycles. The van der Waals surface area contributed by atoms with Crippen molar-refractivity contribution in [2.75, 3.05) is 29.8 Å². The molecule has 0 saturated heterocycles. The van der Waals surface area contributed by atoms with E-state index in [0.29, 0.717) is 30.5 Å². The molecule has 8 nitrogen and oxygen atoms in total. The van der Waals surface area contributed by atoms with E-state index in [4.69, 9.17) is 9.47 Å². The first-order chi connectivity index (χ1) is 11.6. The largest absolute Gasteiger partial charge is 0.486 e. The van der Waals surface area contributed by atoms with Crippen LogP contribution in [0.5, 0.6) is 11.5 Å². The second-order valence-corrected chi connectivity index (χ2v) is 6.82. The van der Waals surface area contributed by atoms with E-state index in [2.05, 4.69) is 20.2 Å². The van der Waals surface area contributed by atoms with Gasteiger partial charge < -0.3 is 14.8 Å². The number of benzene rings is 1. The molecule has 0 unspecified atom stereocenters. The molecule has 0 spiro atoms. The second kappa shape index (κ2) is 6.91.